The average molecular weight is 569 g/mol. The van der Waals surface area contributed by atoms with Crippen molar-refractivity contribution in [2.75, 3.05) is 26.2 Å². The second kappa shape index (κ2) is 11.7. The number of rotatable bonds is 6. The predicted octanol–water partition coefficient (Wildman–Crippen LogP) is 6.57. The van der Waals surface area contributed by atoms with E-state index in [1.807, 2.05) is 53.5 Å². The zero-order valence-corrected chi connectivity index (χ0v) is 22.9. The lowest BCUT2D eigenvalue weighted by Crippen LogP contribution is -2.56. The van der Waals surface area contributed by atoms with E-state index in [9.17, 15) is 13.6 Å². The van der Waals surface area contributed by atoms with Crippen LogP contribution >= 0.6 is 11.6 Å². The van der Waals surface area contributed by atoms with Gasteiger partial charge in [0.05, 0.1) is 6.04 Å². The van der Waals surface area contributed by atoms with Crippen LogP contribution in [-0.2, 0) is 4.79 Å². The van der Waals surface area contributed by atoms with Crippen molar-refractivity contribution in [1.82, 2.24) is 14.9 Å². The van der Waals surface area contributed by atoms with Gasteiger partial charge in [0.25, 0.3) is 5.91 Å². The average Bonchev–Trinajstić information content (AvgIpc) is 3.32. The number of halogens is 3. The van der Waals surface area contributed by atoms with Crippen molar-refractivity contribution in [3.05, 3.63) is 148 Å². The van der Waals surface area contributed by atoms with Gasteiger partial charge in [-0.3, -0.25) is 9.69 Å². The first-order valence-corrected chi connectivity index (χ1v) is 13.8. The normalized spacial score (nSPS) is 17.5. The fourth-order valence-electron chi connectivity index (χ4n) is 5.36. The standard InChI is InChI=1S/C33H27ClF2N4O/c34-29-9-5-4-8-26(29)22-30-33(41)40(32(37-30)25-6-2-1-3-7-25)39-20-18-38(19-21-39)31(23-10-14-27(35)15-11-23)24-12-16-28(36)17-13-24/h1-17,22,31H,18-21H2/b30-22-. The van der Waals surface area contributed by atoms with Crippen molar-refractivity contribution in [3.8, 4) is 0 Å². The van der Waals surface area contributed by atoms with E-state index in [4.69, 9.17) is 16.6 Å². The minimum Gasteiger partial charge on any atom is -0.290 e. The number of hydrogen-bond donors (Lipinski definition) is 0. The summed E-state index contributed by atoms with van der Waals surface area (Å²) in [6.07, 6.45) is 1.73. The quantitative estimate of drug-likeness (QED) is 0.247. The molecule has 0 atom stereocenters. The summed E-state index contributed by atoms with van der Waals surface area (Å²) in [5, 5.41) is 4.23. The first kappa shape index (κ1) is 27.0. The fraction of sp³-hybridized carbons (Fsp3) is 0.152. The van der Waals surface area contributed by atoms with Gasteiger partial charge in [-0.05, 0) is 53.1 Å². The molecule has 6 rings (SSSR count). The first-order valence-electron chi connectivity index (χ1n) is 13.4. The molecule has 4 aromatic rings. The van der Waals surface area contributed by atoms with Crippen molar-refractivity contribution in [3.63, 3.8) is 0 Å². The lowest BCUT2D eigenvalue weighted by atomic mass is 9.96. The molecule has 8 heteroatoms. The van der Waals surface area contributed by atoms with Crippen LogP contribution in [0.15, 0.2) is 114 Å². The molecule has 2 heterocycles. The van der Waals surface area contributed by atoms with Crippen molar-refractivity contribution in [2.24, 2.45) is 4.99 Å². The van der Waals surface area contributed by atoms with Crippen molar-refractivity contribution >= 4 is 29.4 Å². The van der Waals surface area contributed by atoms with Crippen LogP contribution in [-0.4, -0.2) is 52.8 Å². The molecule has 1 saturated heterocycles. The number of aliphatic imine (C=N–C) groups is 1. The maximum atomic E-state index is 13.8. The third-order valence-corrected chi connectivity index (χ3v) is 7.72. The summed E-state index contributed by atoms with van der Waals surface area (Å²) < 4.78 is 27.5. The van der Waals surface area contributed by atoms with E-state index in [1.165, 1.54) is 24.3 Å². The van der Waals surface area contributed by atoms with E-state index in [2.05, 4.69) is 4.90 Å². The maximum absolute atomic E-state index is 13.8. The van der Waals surface area contributed by atoms with Crippen LogP contribution in [0.5, 0.6) is 0 Å². The van der Waals surface area contributed by atoms with Gasteiger partial charge in [-0.1, -0.05) is 84.4 Å². The first-order chi connectivity index (χ1) is 20.0. The zero-order valence-electron chi connectivity index (χ0n) is 22.1. The number of benzene rings is 4. The van der Waals surface area contributed by atoms with Crippen LogP contribution in [0, 0.1) is 11.6 Å². The van der Waals surface area contributed by atoms with Gasteiger partial charge >= 0.3 is 0 Å². The summed E-state index contributed by atoms with van der Waals surface area (Å²) in [7, 11) is 0. The number of amidine groups is 1. The molecule has 2 aliphatic heterocycles. The highest BCUT2D eigenvalue weighted by Gasteiger charge is 2.38. The Bertz CT molecular complexity index is 1550. The third kappa shape index (κ3) is 5.70. The Kier molecular flexibility index (Phi) is 7.74. The highest BCUT2D eigenvalue weighted by Crippen LogP contribution is 2.32. The molecule has 0 spiro atoms. The van der Waals surface area contributed by atoms with Gasteiger partial charge in [0, 0.05) is 36.8 Å². The van der Waals surface area contributed by atoms with Crippen LogP contribution in [0.2, 0.25) is 5.02 Å². The van der Waals surface area contributed by atoms with Gasteiger partial charge < -0.3 is 0 Å². The molecule has 206 valence electrons. The minimum atomic E-state index is -0.308. The van der Waals surface area contributed by atoms with E-state index in [0.29, 0.717) is 42.7 Å². The highest BCUT2D eigenvalue weighted by molar-refractivity contribution is 6.32. The molecule has 4 aromatic carbocycles. The molecule has 5 nitrogen and oxygen atoms in total. The molecule has 0 radical (unpaired) electrons. The molecular weight excluding hydrogens is 542 g/mol. The van der Waals surface area contributed by atoms with E-state index in [1.54, 1.807) is 41.4 Å². The van der Waals surface area contributed by atoms with Crippen molar-refractivity contribution < 1.29 is 13.6 Å². The van der Waals surface area contributed by atoms with E-state index in [0.717, 1.165) is 22.3 Å². The van der Waals surface area contributed by atoms with Gasteiger partial charge in [-0.2, -0.15) is 0 Å². The summed E-state index contributed by atoms with van der Waals surface area (Å²) in [6, 6.07) is 29.7. The zero-order chi connectivity index (χ0) is 28.3. The molecule has 0 aliphatic carbocycles. The lowest BCUT2D eigenvalue weighted by Gasteiger charge is -2.42. The largest absolute Gasteiger partial charge is 0.292 e. The Morgan fingerprint density at radius 1 is 0.732 bits per heavy atom. The summed E-state index contributed by atoms with van der Waals surface area (Å²) in [4.78, 5) is 20.8. The molecule has 0 N–H and O–H groups in total. The van der Waals surface area contributed by atoms with Gasteiger partial charge in [0.1, 0.15) is 17.3 Å². The monoisotopic (exact) mass is 568 g/mol. The smallest absolute Gasteiger partial charge is 0.290 e. The molecule has 0 aromatic heterocycles. The number of carbonyl (C=O) groups excluding carboxylic acids is 1. The van der Waals surface area contributed by atoms with Crippen LogP contribution in [0.1, 0.15) is 28.3 Å². The van der Waals surface area contributed by atoms with Crippen LogP contribution < -0.4 is 0 Å². The molecule has 0 unspecified atom stereocenters. The third-order valence-electron chi connectivity index (χ3n) is 7.38. The summed E-state index contributed by atoms with van der Waals surface area (Å²) in [6.45, 7) is 2.34. The number of nitrogens with zero attached hydrogens (tertiary/aromatic N) is 4. The number of piperazine rings is 1. The molecule has 1 amide bonds. The minimum absolute atomic E-state index is 0.189. The van der Waals surface area contributed by atoms with Gasteiger partial charge in [0.15, 0.2) is 5.84 Å². The van der Waals surface area contributed by atoms with Crippen molar-refractivity contribution in [2.45, 2.75) is 6.04 Å². The Hall–Kier alpha value is -4.17. The Morgan fingerprint density at radius 2 is 1.29 bits per heavy atom. The predicted molar refractivity (Wildman–Crippen MR) is 157 cm³/mol. The van der Waals surface area contributed by atoms with Crippen molar-refractivity contribution in [1.29, 1.82) is 0 Å². The van der Waals surface area contributed by atoms with E-state index < -0.39 is 0 Å². The Balaban J connectivity index is 1.28. The fourth-order valence-corrected chi connectivity index (χ4v) is 5.55. The van der Waals surface area contributed by atoms with E-state index >= 15 is 0 Å². The van der Waals surface area contributed by atoms with Crippen LogP contribution in [0.4, 0.5) is 8.78 Å². The molecule has 2 aliphatic rings. The van der Waals surface area contributed by atoms with Crippen LogP contribution in [0.25, 0.3) is 6.08 Å². The topological polar surface area (TPSA) is 39.2 Å². The van der Waals surface area contributed by atoms with Gasteiger partial charge in [0.2, 0.25) is 0 Å². The van der Waals surface area contributed by atoms with Gasteiger partial charge in [-0.25, -0.2) is 23.8 Å². The number of amides is 1. The van der Waals surface area contributed by atoms with Crippen LogP contribution in [0.3, 0.4) is 0 Å². The summed E-state index contributed by atoms with van der Waals surface area (Å²) in [5.41, 5.74) is 3.71. The Morgan fingerprint density at radius 3 is 1.88 bits per heavy atom. The molecule has 1 fully saturated rings. The second-order valence-corrected chi connectivity index (χ2v) is 10.4. The molecular formula is C33H27ClF2N4O. The number of hydrazine groups is 1. The highest BCUT2D eigenvalue weighted by atomic mass is 35.5. The summed E-state index contributed by atoms with van der Waals surface area (Å²) >= 11 is 6.38. The number of hydrogen-bond acceptors (Lipinski definition) is 4. The maximum Gasteiger partial charge on any atom is 0.292 e. The second-order valence-electron chi connectivity index (χ2n) is 9.96. The Labute approximate surface area is 242 Å². The van der Waals surface area contributed by atoms with Gasteiger partial charge in [-0.15, -0.1) is 0 Å². The molecule has 41 heavy (non-hydrogen) atoms. The molecule has 0 saturated carbocycles. The lowest BCUT2D eigenvalue weighted by molar-refractivity contribution is -0.136. The summed E-state index contributed by atoms with van der Waals surface area (Å²) in [5.74, 6) is -0.267. The SMILES string of the molecule is O=C1/C(=C/c2ccccc2Cl)N=C(c2ccccc2)N1N1CCN(C(c2ccc(F)cc2)c2ccc(F)cc2)CC1. The number of carbonyl (C=O) groups is 1. The van der Waals surface area contributed by atoms with E-state index in [-0.39, 0.29) is 23.6 Å². The molecule has 0 bridgehead atoms.